The van der Waals surface area contributed by atoms with Crippen molar-refractivity contribution in [3.8, 4) is 6.07 Å². The lowest BCUT2D eigenvalue weighted by molar-refractivity contribution is -0.120. The van der Waals surface area contributed by atoms with E-state index in [9.17, 15) is 4.79 Å². The van der Waals surface area contributed by atoms with E-state index >= 15 is 0 Å². The van der Waals surface area contributed by atoms with Gasteiger partial charge in [-0.25, -0.2) is 4.98 Å². The van der Waals surface area contributed by atoms with Crippen LogP contribution in [0.2, 0.25) is 0 Å². The van der Waals surface area contributed by atoms with Crippen molar-refractivity contribution in [3.63, 3.8) is 0 Å². The van der Waals surface area contributed by atoms with Crippen molar-refractivity contribution < 1.29 is 4.79 Å². The fourth-order valence-electron chi connectivity index (χ4n) is 2.81. The van der Waals surface area contributed by atoms with Gasteiger partial charge in [-0.2, -0.15) is 5.26 Å². The highest BCUT2D eigenvalue weighted by Gasteiger charge is 2.21. The Kier molecular flexibility index (Phi) is 2.94. The highest BCUT2D eigenvalue weighted by Crippen LogP contribution is 2.35. The minimum atomic E-state index is 0.0160. The highest BCUT2D eigenvalue weighted by molar-refractivity contribution is 7.18. The molecule has 0 unspecified atom stereocenters. The van der Waals surface area contributed by atoms with Crippen LogP contribution in [-0.4, -0.2) is 30.5 Å². The van der Waals surface area contributed by atoms with Gasteiger partial charge in [0, 0.05) is 28.6 Å². The van der Waals surface area contributed by atoms with Gasteiger partial charge in [0.15, 0.2) is 0 Å². The number of carbonyl (C=O) groups excluding carboxylic acids is 1. The number of pyridine rings is 1. The molecular weight excluding hydrogens is 296 g/mol. The van der Waals surface area contributed by atoms with Gasteiger partial charge in [-0.15, -0.1) is 11.3 Å². The number of aromatic nitrogens is 1. The van der Waals surface area contributed by atoms with Crippen molar-refractivity contribution in [2.45, 2.75) is 0 Å². The zero-order chi connectivity index (χ0) is 15.1. The number of hydrogen-bond acceptors (Lipinski definition) is 5. The summed E-state index contributed by atoms with van der Waals surface area (Å²) in [7, 11) is 0. The number of piperazine rings is 1. The zero-order valence-corrected chi connectivity index (χ0v) is 12.5. The van der Waals surface area contributed by atoms with Crippen LogP contribution in [0.1, 0.15) is 5.56 Å². The van der Waals surface area contributed by atoms with Crippen molar-refractivity contribution in [1.82, 2.24) is 10.3 Å². The van der Waals surface area contributed by atoms with Crippen LogP contribution in [0, 0.1) is 11.3 Å². The van der Waals surface area contributed by atoms with Crippen molar-refractivity contribution in [2.24, 2.45) is 0 Å². The summed E-state index contributed by atoms with van der Waals surface area (Å²) in [6.07, 6.45) is 0. The molecule has 0 saturated carbocycles. The molecule has 3 aromatic rings. The molecular formula is C16H12N4OS. The maximum atomic E-state index is 11.7. The molecule has 0 bridgehead atoms. The molecule has 1 amide bonds. The second-order valence-electron chi connectivity index (χ2n) is 5.21. The molecule has 3 heterocycles. The fraction of sp³-hybridized carbons (Fsp3) is 0.188. The Morgan fingerprint density at radius 3 is 3.05 bits per heavy atom. The van der Waals surface area contributed by atoms with Crippen molar-refractivity contribution in [3.05, 3.63) is 35.2 Å². The van der Waals surface area contributed by atoms with Crippen LogP contribution in [0.5, 0.6) is 0 Å². The monoisotopic (exact) mass is 308 g/mol. The smallest absolute Gasteiger partial charge is 0.239 e. The standard InChI is InChI=1S/C16H12N4OS/c17-8-10-1-2-11-13(7-10)19-16(12-3-6-22-15(11)12)20-5-4-18-14(21)9-20/h1-3,6-7H,4-5,9H2,(H,18,21). The number of nitrogens with one attached hydrogen (secondary N) is 1. The third-order valence-electron chi connectivity index (χ3n) is 3.84. The van der Waals surface area contributed by atoms with Gasteiger partial charge in [-0.05, 0) is 23.6 Å². The number of carbonyl (C=O) groups is 1. The van der Waals surface area contributed by atoms with E-state index in [1.165, 1.54) is 0 Å². The largest absolute Gasteiger partial charge is 0.353 e. The first-order valence-corrected chi connectivity index (χ1v) is 7.87. The van der Waals surface area contributed by atoms with Crippen LogP contribution in [-0.2, 0) is 4.79 Å². The number of rotatable bonds is 1. The molecule has 0 atom stereocenters. The van der Waals surface area contributed by atoms with E-state index in [0.717, 1.165) is 33.4 Å². The lowest BCUT2D eigenvalue weighted by Gasteiger charge is -2.28. The summed E-state index contributed by atoms with van der Waals surface area (Å²) in [4.78, 5) is 18.4. The predicted molar refractivity (Wildman–Crippen MR) is 87.1 cm³/mol. The first-order valence-electron chi connectivity index (χ1n) is 6.99. The molecule has 1 fully saturated rings. The summed E-state index contributed by atoms with van der Waals surface area (Å²) in [5, 5.41) is 16.1. The van der Waals surface area contributed by atoms with Crippen molar-refractivity contribution >= 4 is 44.1 Å². The number of hydrogen-bond donors (Lipinski definition) is 1. The third kappa shape index (κ3) is 1.98. The van der Waals surface area contributed by atoms with Gasteiger partial charge in [0.1, 0.15) is 5.82 Å². The first kappa shape index (κ1) is 13.0. The van der Waals surface area contributed by atoms with Crippen LogP contribution < -0.4 is 10.2 Å². The Labute approximate surface area is 130 Å². The van der Waals surface area contributed by atoms with E-state index in [1.807, 2.05) is 34.5 Å². The maximum Gasteiger partial charge on any atom is 0.239 e. The molecule has 1 saturated heterocycles. The minimum Gasteiger partial charge on any atom is -0.353 e. The molecule has 108 valence electrons. The Hall–Kier alpha value is -2.65. The number of fused-ring (bicyclic) bond motifs is 3. The lowest BCUT2D eigenvalue weighted by Crippen LogP contribution is -2.48. The van der Waals surface area contributed by atoms with E-state index in [4.69, 9.17) is 10.2 Å². The summed E-state index contributed by atoms with van der Waals surface area (Å²) in [6.45, 7) is 1.69. The molecule has 6 heteroatoms. The van der Waals surface area contributed by atoms with Crippen molar-refractivity contribution in [1.29, 1.82) is 5.26 Å². The van der Waals surface area contributed by atoms with Crippen LogP contribution in [0.25, 0.3) is 21.0 Å². The molecule has 2 aromatic heterocycles. The number of nitriles is 1. The predicted octanol–water partition coefficient (Wildman–Crippen LogP) is 2.26. The van der Waals surface area contributed by atoms with E-state index in [-0.39, 0.29) is 5.91 Å². The van der Waals surface area contributed by atoms with Gasteiger partial charge >= 0.3 is 0 Å². The molecule has 1 aliphatic rings. The summed E-state index contributed by atoms with van der Waals surface area (Å²) < 4.78 is 1.15. The molecule has 1 aliphatic heterocycles. The Morgan fingerprint density at radius 1 is 1.32 bits per heavy atom. The molecule has 1 aromatic carbocycles. The topological polar surface area (TPSA) is 69.0 Å². The summed E-state index contributed by atoms with van der Waals surface area (Å²) in [5.74, 6) is 0.844. The Morgan fingerprint density at radius 2 is 2.23 bits per heavy atom. The average molecular weight is 308 g/mol. The second kappa shape index (κ2) is 4.97. The third-order valence-corrected chi connectivity index (χ3v) is 4.79. The molecule has 0 spiro atoms. The van der Waals surface area contributed by atoms with E-state index in [0.29, 0.717) is 18.7 Å². The molecule has 0 radical (unpaired) electrons. The summed E-state index contributed by atoms with van der Waals surface area (Å²) >= 11 is 1.66. The SMILES string of the molecule is N#Cc1ccc2c(c1)nc(N1CCNC(=O)C1)c1ccsc12. The average Bonchev–Trinajstić information content (AvgIpc) is 3.03. The maximum absolute atomic E-state index is 11.7. The first-order chi connectivity index (χ1) is 10.8. The Balaban J connectivity index is 1.97. The van der Waals surface area contributed by atoms with Crippen LogP contribution in [0.15, 0.2) is 29.6 Å². The molecule has 22 heavy (non-hydrogen) atoms. The number of anilines is 1. The van der Waals surface area contributed by atoms with Gasteiger partial charge in [0.25, 0.3) is 0 Å². The number of amides is 1. The molecule has 4 rings (SSSR count). The fourth-order valence-corrected chi connectivity index (χ4v) is 3.74. The van der Waals surface area contributed by atoms with Crippen molar-refractivity contribution in [2.75, 3.05) is 24.5 Å². The van der Waals surface area contributed by atoms with Gasteiger partial charge in [-0.3, -0.25) is 4.79 Å². The zero-order valence-electron chi connectivity index (χ0n) is 11.7. The second-order valence-corrected chi connectivity index (χ2v) is 6.13. The molecule has 1 N–H and O–H groups in total. The van der Waals surface area contributed by atoms with E-state index < -0.39 is 0 Å². The quantitative estimate of drug-likeness (QED) is 0.748. The lowest BCUT2D eigenvalue weighted by atomic mass is 10.1. The van der Waals surface area contributed by atoms with E-state index in [2.05, 4.69) is 11.4 Å². The van der Waals surface area contributed by atoms with E-state index in [1.54, 1.807) is 11.3 Å². The van der Waals surface area contributed by atoms with Gasteiger partial charge in [-0.1, -0.05) is 6.07 Å². The van der Waals surface area contributed by atoms with Gasteiger partial charge < -0.3 is 10.2 Å². The van der Waals surface area contributed by atoms with Crippen LogP contribution in [0.4, 0.5) is 5.82 Å². The number of benzene rings is 1. The van der Waals surface area contributed by atoms with Crippen LogP contribution >= 0.6 is 11.3 Å². The number of thiophene rings is 1. The highest BCUT2D eigenvalue weighted by atomic mass is 32.1. The minimum absolute atomic E-state index is 0.0160. The molecule has 0 aliphatic carbocycles. The summed E-state index contributed by atoms with van der Waals surface area (Å²) in [5.41, 5.74) is 1.40. The number of nitrogens with zero attached hydrogens (tertiary/aromatic N) is 3. The molecule has 5 nitrogen and oxygen atoms in total. The van der Waals surface area contributed by atoms with Gasteiger partial charge in [0.05, 0.1) is 23.7 Å². The normalized spacial score (nSPS) is 15.0. The Bertz CT molecular complexity index is 940. The van der Waals surface area contributed by atoms with Gasteiger partial charge in [0.2, 0.25) is 5.91 Å². The summed E-state index contributed by atoms with van der Waals surface area (Å²) in [6, 6.07) is 9.78. The van der Waals surface area contributed by atoms with Crippen LogP contribution in [0.3, 0.4) is 0 Å².